The molecule has 1 unspecified atom stereocenters. The Bertz CT molecular complexity index is 427. The third kappa shape index (κ3) is 2.57. The number of nitro benzene ring substituents is 1. The smallest absolute Gasteiger partial charge is 0.292 e. The van der Waals surface area contributed by atoms with Crippen LogP contribution >= 0.6 is 0 Å². The van der Waals surface area contributed by atoms with E-state index in [4.69, 9.17) is 0 Å². The van der Waals surface area contributed by atoms with Crippen LogP contribution in [-0.2, 0) is 0 Å². The van der Waals surface area contributed by atoms with Gasteiger partial charge in [0.1, 0.15) is 5.69 Å². The average Bonchev–Trinajstić information content (AvgIpc) is 2.17. The molecule has 92 valence electrons. The minimum Gasteiger partial charge on any atom is -0.377 e. The number of hydrogen-bond donors (Lipinski definition) is 1. The Morgan fingerprint density at radius 3 is 2.71 bits per heavy atom. The first-order chi connectivity index (χ1) is 8.08. The first kappa shape index (κ1) is 11.9. The summed E-state index contributed by atoms with van der Waals surface area (Å²) >= 11 is 0. The summed E-state index contributed by atoms with van der Waals surface area (Å²) in [5.74, 6) is 0.663. The fraction of sp³-hybridized carbons (Fsp3) is 0.538. The fourth-order valence-electron chi connectivity index (χ4n) is 2.22. The molecule has 1 saturated carbocycles. The van der Waals surface area contributed by atoms with Crippen molar-refractivity contribution in [1.29, 1.82) is 0 Å². The van der Waals surface area contributed by atoms with E-state index in [0.717, 1.165) is 5.56 Å². The molecule has 0 amide bonds. The van der Waals surface area contributed by atoms with Gasteiger partial charge in [-0.25, -0.2) is 0 Å². The summed E-state index contributed by atoms with van der Waals surface area (Å²) in [4.78, 5) is 10.7. The molecular weight excluding hydrogens is 216 g/mol. The van der Waals surface area contributed by atoms with Crippen LogP contribution in [0.2, 0.25) is 0 Å². The van der Waals surface area contributed by atoms with E-state index in [-0.39, 0.29) is 10.6 Å². The molecule has 0 heterocycles. The summed E-state index contributed by atoms with van der Waals surface area (Å²) in [7, 11) is 0. The number of hydrogen-bond acceptors (Lipinski definition) is 3. The zero-order valence-electron chi connectivity index (χ0n) is 10.3. The van der Waals surface area contributed by atoms with E-state index in [9.17, 15) is 10.1 Å². The molecular formula is C13H18N2O2. The molecule has 1 N–H and O–H groups in total. The quantitative estimate of drug-likeness (QED) is 0.640. The lowest BCUT2D eigenvalue weighted by Crippen LogP contribution is -2.31. The first-order valence-corrected chi connectivity index (χ1v) is 6.09. The van der Waals surface area contributed by atoms with Crippen LogP contribution in [0, 0.1) is 23.0 Å². The second-order valence-electron chi connectivity index (χ2n) is 4.90. The predicted molar refractivity (Wildman–Crippen MR) is 68.3 cm³/mol. The van der Waals surface area contributed by atoms with Gasteiger partial charge in [0.05, 0.1) is 4.92 Å². The molecule has 2 rings (SSSR count). The largest absolute Gasteiger partial charge is 0.377 e. The van der Waals surface area contributed by atoms with E-state index in [1.165, 1.54) is 19.3 Å². The van der Waals surface area contributed by atoms with E-state index in [2.05, 4.69) is 12.2 Å². The lowest BCUT2D eigenvalue weighted by Gasteiger charge is -2.32. The molecule has 0 saturated heterocycles. The number of nitrogens with one attached hydrogen (secondary N) is 1. The van der Waals surface area contributed by atoms with E-state index in [1.54, 1.807) is 6.07 Å². The highest BCUT2D eigenvalue weighted by Gasteiger charge is 2.25. The maximum absolute atomic E-state index is 11.0. The molecule has 1 atom stereocenters. The van der Waals surface area contributed by atoms with E-state index in [0.29, 0.717) is 17.6 Å². The molecule has 0 spiro atoms. The van der Waals surface area contributed by atoms with Gasteiger partial charge in [-0.1, -0.05) is 12.5 Å². The molecule has 4 heteroatoms. The van der Waals surface area contributed by atoms with Crippen LogP contribution < -0.4 is 5.32 Å². The minimum absolute atomic E-state index is 0.177. The number of aryl methyl sites for hydroxylation is 1. The van der Waals surface area contributed by atoms with Crippen LogP contribution in [0.25, 0.3) is 0 Å². The van der Waals surface area contributed by atoms with Gasteiger partial charge in [-0.2, -0.15) is 0 Å². The van der Waals surface area contributed by atoms with Gasteiger partial charge >= 0.3 is 0 Å². The molecule has 0 radical (unpaired) electrons. The lowest BCUT2D eigenvalue weighted by atomic mass is 9.80. The molecule has 1 aromatic rings. The predicted octanol–water partition coefficient (Wildman–Crippen LogP) is 3.50. The van der Waals surface area contributed by atoms with Gasteiger partial charge in [-0.05, 0) is 44.2 Å². The Hall–Kier alpha value is -1.58. The molecule has 0 aromatic heterocycles. The average molecular weight is 234 g/mol. The van der Waals surface area contributed by atoms with Crippen molar-refractivity contribution < 1.29 is 4.92 Å². The summed E-state index contributed by atoms with van der Waals surface area (Å²) in [5.41, 5.74) is 1.73. The van der Waals surface area contributed by atoms with Crippen LogP contribution in [-0.4, -0.2) is 11.0 Å². The maximum atomic E-state index is 11.0. The van der Waals surface area contributed by atoms with Gasteiger partial charge in [-0.3, -0.25) is 10.1 Å². The van der Waals surface area contributed by atoms with Crippen molar-refractivity contribution in [1.82, 2.24) is 0 Å². The second kappa shape index (κ2) is 4.73. The highest BCUT2D eigenvalue weighted by Crippen LogP contribution is 2.33. The highest BCUT2D eigenvalue weighted by molar-refractivity contribution is 5.63. The molecule has 4 nitrogen and oxygen atoms in total. The lowest BCUT2D eigenvalue weighted by molar-refractivity contribution is -0.384. The summed E-state index contributed by atoms with van der Waals surface area (Å²) < 4.78 is 0. The minimum atomic E-state index is -0.317. The zero-order valence-corrected chi connectivity index (χ0v) is 10.3. The van der Waals surface area contributed by atoms with Crippen molar-refractivity contribution in [2.75, 3.05) is 5.32 Å². The normalized spacial score (nSPS) is 17.3. The van der Waals surface area contributed by atoms with Crippen molar-refractivity contribution in [3.8, 4) is 0 Å². The van der Waals surface area contributed by atoms with E-state index in [1.807, 2.05) is 19.1 Å². The van der Waals surface area contributed by atoms with Crippen LogP contribution in [0.4, 0.5) is 11.4 Å². The number of nitro groups is 1. The molecule has 17 heavy (non-hydrogen) atoms. The summed E-state index contributed by atoms with van der Waals surface area (Å²) in [6.45, 7) is 3.97. The number of nitrogens with zero attached hydrogens (tertiary/aromatic N) is 1. The Kier molecular flexibility index (Phi) is 3.31. The van der Waals surface area contributed by atoms with Crippen molar-refractivity contribution in [3.63, 3.8) is 0 Å². The number of anilines is 1. The van der Waals surface area contributed by atoms with Gasteiger partial charge < -0.3 is 5.32 Å². The Morgan fingerprint density at radius 1 is 1.47 bits per heavy atom. The third-order valence-electron chi connectivity index (χ3n) is 3.59. The fourth-order valence-corrected chi connectivity index (χ4v) is 2.22. The van der Waals surface area contributed by atoms with Gasteiger partial charge in [0, 0.05) is 12.1 Å². The topological polar surface area (TPSA) is 55.2 Å². The Morgan fingerprint density at radius 2 is 2.18 bits per heavy atom. The van der Waals surface area contributed by atoms with Crippen LogP contribution in [0.15, 0.2) is 18.2 Å². The molecule has 0 aliphatic heterocycles. The third-order valence-corrected chi connectivity index (χ3v) is 3.59. The Labute approximate surface area is 101 Å². The van der Waals surface area contributed by atoms with Crippen molar-refractivity contribution in [2.45, 2.75) is 39.2 Å². The highest BCUT2D eigenvalue weighted by atomic mass is 16.6. The molecule has 1 aromatic carbocycles. The number of rotatable bonds is 4. The molecule has 1 fully saturated rings. The summed E-state index contributed by atoms with van der Waals surface area (Å²) in [6.07, 6.45) is 3.74. The molecule has 0 bridgehead atoms. The Balaban J connectivity index is 2.16. The molecule has 1 aliphatic carbocycles. The molecule has 1 aliphatic rings. The van der Waals surface area contributed by atoms with Crippen molar-refractivity contribution >= 4 is 11.4 Å². The van der Waals surface area contributed by atoms with Crippen LogP contribution in [0.5, 0.6) is 0 Å². The van der Waals surface area contributed by atoms with E-state index < -0.39 is 0 Å². The van der Waals surface area contributed by atoms with Crippen molar-refractivity contribution in [2.24, 2.45) is 5.92 Å². The van der Waals surface area contributed by atoms with E-state index >= 15 is 0 Å². The standard InChI is InChI=1S/C13H18N2O2/c1-9-6-7-12(13(8-9)15(16)17)14-10(2)11-4-3-5-11/h6-8,10-11,14H,3-5H2,1-2H3. The van der Waals surface area contributed by atoms with Crippen LogP contribution in [0.3, 0.4) is 0 Å². The monoisotopic (exact) mass is 234 g/mol. The van der Waals surface area contributed by atoms with Crippen molar-refractivity contribution in [3.05, 3.63) is 33.9 Å². The number of benzene rings is 1. The SMILES string of the molecule is Cc1ccc(NC(C)C2CCC2)c([N+](=O)[O-])c1. The summed E-state index contributed by atoms with van der Waals surface area (Å²) in [6, 6.07) is 5.64. The second-order valence-corrected chi connectivity index (χ2v) is 4.90. The summed E-state index contributed by atoms with van der Waals surface area (Å²) in [5, 5.41) is 14.3. The van der Waals surface area contributed by atoms with Crippen LogP contribution in [0.1, 0.15) is 31.7 Å². The zero-order chi connectivity index (χ0) is 12.4. The first-order valence-electron chi connectivity index (χ1n) is 6.09. The van der Waals surface area contributed by atoms with Gasteiger partial charge in [0.2, 0.25) is 0 Å². The van der Waals surface area contributed by atoms with Gasteiger partial charge in [-0.15, -0.1) is 0 Å². The van der Waals surface area contributed by atoms with Gasteiger partial charge in [0.15, 0.2) is 0 Å². The maximum Gasteiger partial charge on any atom is 0.292 e. The van der Waals surface area contributed by atoms with Gasteiger partial charge in [0.25, 0.3) is 5.69 Å².